The molecule has 0 heterocycles. The Labute approximate surface area is 125 Å². The second kappa shape index (κ2) is 9.00. The third kappa shape index (κ3) is 8.02. The van der Waals surface area contributed by atoms with Gasteiger partial charge in [-0.25, -0.2) is 4.79 Å². The van der Waals surface area contributed by atoms with E-state index in [1.807, 2.05) is 0 Å². The van der Waals surface area contributed by atoms with E-state index in [4.69, 9.17) is 10.8 Å². The third-order valence-electron chi connectivity index (χ3n) is 1.93. The largest absolute Gasteiger partial charge is 0.480 e. The van der Waals surface area contributed by atoms with Crippen molar-refractivity contribution in [3.63, 3.8) is 0 Å². The maximum absolute atomic E-state index is 12.1. The molecule has 1 amide bonds. The molecule has 0 aromatic heterocycles. The van der Waals surface area contributed by atoms with Crippen LogP contribution in [-0.2, 0) is 19.1 Å². The van der Waals surface area contributed by atoms with E-state index in [0.29, 0.717) is 0 Å². The highest BCUT2D eigenvalue weighted by Crippen LogP contribution is 2.23. The first-order valence-electron chi connectivity index (χ1n) is 5.28. The molecule has 0 aromatic carbocycles. The fraction of sp³-hybridized carbons (Fsp3) is 0.667. The van der Waals surface area contributed by atoms with Crippen LogP contribution in [0.4, 0.5) is 13.2 Å². The maximum atomic E-state index is 12.1. The molecule has 0 saturated carbocycles. The molecule has 4 N–H and O–H groups in total. The minimum absolute atomic E-state index is 0.0128. The number of hydrogen-bond acceptors (Lipinski definition) is 7. The van der Waals surface area contributed by atoms with E-state index in [1.165, 1.54) is 5.32 Å². The summed E-state index contributed by atoms with van der Waals surface area (Å²) in [6.45, 7) is 0. The average molecular weight is 350 g/mol. The van der Waals surface area contributed by atoms with Gasteiger partial charge in [-0.3, -0.25) is 9.59 Å². The van der Waals surface area contributed by atoms with E-state index in [9.17, 15) is 27.6 Å². The number of carbonyl (C=O) groups is 3. The summed E-state index contributed by atoms with van der Waals surface area (Å²) >= 11 is 0. The van der Waals surface area contributed by atoms with Crippen LogP contribution in [0, 0.1) is 0 Å². The predicted octanol–water partition coefficient (Wildman–Crippen LogP) is -0.000200. The molecule has 0 aromatic rings. The van der Waals surface area contributed by atoms with E-state index in [-0.39, 0.29) is 11.5 Å². The fourth-order valence-electron chi connectivity index (χ4n) is 0.860. The van der Waals surface area contributed by atoms with Gasteiger partial charge in [-0.2, -0.15) is 13.2 Å². The number of amides is 1. The topological polar surface area (TPSA) is 119 Å². The van der Waals surface area contributed by atoms with Crippen molar-refractivity contribution in [3.8, 4) is 0 Å². The van der Waals surface area contributed by atoms with Crippen LogP contribution >= 0.6 is 21.6 Å². The summed E-state index contributed by atoms with van der Waals surface area (Å²) < 4.78 is 40.6. The molecule has 0 rings (SSSR count). The standard InChI is InChI=1S/C9H13F3N2O5S2/c1-19-7(17)5(14-8(18)9(10,11)12)3-21-20-2-4(13)6(15)16/h4-5H,2-3,13H2,1H3,(H,14,18)(H,15,16)/t4-,5-/m0/s1. The van der Waals surface area contributed by atoms with Gasteiger partial charge in [0.15, 0.2) is 0 Å². The van der Waals surface area contributed by atoms with Gasteiger partial charge in [0.05, 0.1) is 7.11 Å². The summed E-state index contributed by atoms with van der Waals surface area (Å²) in [5.41, 5.74) is 5.21. The minimum atomic E-state index is -5.12. The van der Waals surface area contributed by atoms with Gasteiger partial charge in [-0.05, 0) is 0 Å². The van der Waals surface area contributed by atoms with Crippen molar-refractivity contribution in [2.45, 2.75) is 18.3 Å². The molecule has 0 spiro atoms. The number of carbonyl (C=O) groups excluding carboxylic acids is 2. The Hall–Kier alpha value is -1.14. The molecule has 0 aliphatic rings. The van der Waals surface area contributed by atoms with Gasteiger partial charge < -0.3 is 20.9 Å². The molecular formula is C9H13F3N2O5S2. The number of carboxylic acid groups (broad SMARTS) is 1. The van der Waals surface area contributed by atoms with Crippen LogP contribution in [0.3, 0.4) is 0 Å². The number of ether oxygens (including phenoxy) is 1. The van der Waals surface area contributed by atoms with Gasteiger partial charge in [0.2, 0.25) is 0 Å². The molecule has 0 aliphatic carbocycles. The third-order valence-corrected chi connectivity index (χ3v) is 4.38. The zero-order chi connectivity index (χ0) is 16.6. The Morgan fingerprint density at radius 2 is 1.81 bits per heavy atom. The highest BCUT2D eigenvalue weighted by atomic mass is 33.1. The number of esters is 1. The molecule has 21 heavy (non-hydrogen) atoms. The number of methoxy groups -OCH3 is 1. The van der Waals surface area contributed by atoms with E-state index in [2.05, 4.69) is 4.74 Å². The number of hydrogen-bond donors (Lipinski definition) is 3. The van der Waals surface area contributed by atoms with Gasteiger partial charge in [0.25, 0.3) is 0 Å². The van der Waals surface area contributed by atoms with Gasteiger partial charge in [0.1, 0.15) is 12.1 Å². The molecule has 12 heteroatoms. The van der Waals surface area contributed by atoms with Gasteiger partial charge in [0, 0.05) is 11.5 Å². The van der Waals surface area contributed by atoms with Crippen molar-refractivity contribution < 1.29 is 37.4 Å². The lowest BCUT2D eigenvalue weighted by molar-refractivity contribution is -0.175. The van der Waals surface area contributed by atoms with E-state index in [1.54, 1.807) is 0 Å². The SMILES string of the molecule is COC(=O)[C@H](CSSC[C@H](N)C(=O)O)NC(=O)C(F)(F)F. The molecule has 0 unspecified atom stereocenters. The number of halogens is 3. The molecule has 0 bridgehead atoms. The zero-order valence-corrected chi connectivity index (χ0v) is 12.3. The highest BCUT2D eigenvalue weighted by Gasteiger charge is 2.41. The van der Waals surface area contributed by atoms with Gasteiger partial charge >= 0.3 is 24.0 Å². The van der Waals surface area contributed by atoms with E-state index >= 15 is 0 Å². The van der Waals surface area contributed by atoms with Crippen LogP contribution in [-0.4, -0.2) is 59.8 Å². The molecule has 0 radical (unpaired) electrons. The number of carboxylic acids is 1. The van der Waals surface area contributed by atoms with E-state index in [0.717, 1.165) is 28.7 Å². The average Bonchev–Trinajstić information content (AvgIpc) is 2.39. The van der Waals surface area contributed by atoms with Crippen molar-refractivity contribution in [2.24, 2.45) is 5.73 Å². The van der Waals surface area contributed by atoms with Crippen molar-refractivity contribution in [1.82, 2.24) is 5.32 Å². The normalized spacial score (nSPS) is 14.1. The second-order valence-corrected chi connectivity index (χ2v) is 6.11. The Bertz CT molecular complexity index is 394. The smallest absolute Gasteiger partial charge is 0.471 e. The summed E-state index contributed by atoms with van der Waals surface area (Å²) in [5.74, 6) is -4.76. The van der Waals surface area contributed by atoms with Crippen LogP contribution in [0.5, 0.6) is 0 Å². The van der Waals surface area contributed by atoms with Crippen molar-refractivity contribution in [1.29, 1.82) is 0 Å². The molecular weight excluding hydrogens is 337 g/mol. The Kier molecular flexibility index (Phi) is 8.51. The quantitative estimate of drug-likeness (QED) is 0.318. The molecule has 0 aliphatic heterocycles. The minimum Gasteiger partial charge on any atom is -0.480 e. The number of aliphatic carboxylic acids is 1. The first-order chi connectivity index (χ1) is 9.59. The van der Waals surface area contributed by atoms with Crippen LogP contribution in [0.15, 0.2) is 0 Å². The lowest BCUT2D eigenvalue weighted by atomic mass is 10.3. The second-order valence-electron chi connectivity index (χ2n) is 3.56. The highest BCUT2D eigenvalue weighted by molar-refractivity contribution is 8.76. The van der Waals surface area contributed by atoms with Crippen molar-refractivity contribution in [3.05, 3.63) is 0 Å². The molecule has 0 fully saturated rings. The Balaban J connectivity index is 4.36. The van der Waals surface area contributed by atoms with Crippen LogP contribution in [0.1, 0.15) is 0 Å². The summed E-state index contributed by atoms with van der Waals surface area (Å²) in [6.07, 6.45) is -5.12. The number of rotatable bonds is 8. The summed E-state index contributed by atoms with van der Waals surface area (Å²) in [4.78, 5) is 32.5. The number of nitrogens with one attached hydrogen (secondary N) is 1. The molecule has 0 saturated heterocycles. The lowest BCUT2D eigenvalue weighted by Gasteiger charge is -2.17. The van der Waals surface area contributed by atoms with Crippen LogP contribution in [0.2, 0.25) is 0 Å². The van der Waals surface area contributed by atoms with Crippen LogP contribution in [0.25, 0.3) is 0 Å². The summed E-state index contributed by atoms with van der Waals surface area (Å²) in [7, 11) is 2.81. The van der Waals surface area contributed by atoms with Gasteiger partial charge in [-0.15, -0.1) is 0 Å². The monoisotopic (exact) mass is 350 g/mol. The number of nitrogens with two attached hydrogens (primary N) is 1. The molecule has 2 atom stereocenters. The van der Waals surface area contributed by atoms with E-state index < -0.39 is 36.1 Å². The Morgan fingerprint density at radius 3 is 2.24 bits per heavy atom. The molecule has 122 valence electrons. The van der Waals surface area contributed by atoms with Crippen molar-refractivity contribution in [2.75, 3.05) is 18.6 Å². The molecule has 7 nitrogen and oxygen atoms in total. The summed E-state index contributed by atoms with van der Waals surface area (Å²) in [6, 6.07) is -2.63. The van der Waals surface area contributed by atoms with Crippen molar-refractivity contribution >= 4 is 39.4 Å². The fourth-order valence-corrected chi connectivity index (χ4v) is 3.12. The van der Waals surface area contributed by atoms with Gasteiger partial charge in [-0.1, -0.05) is 21.6 Å². The predicted molar refractivity (Wildman–Crippen MR) is 70.5 cm³/mol. The Morgan fingerprint density at radius 1 is 1.29 bits per heavy atom. The summed E-state index contributed by atoms with van der Waals surface area (Å²) in [5, 5.41) is 10.0. The number of alkyl halides is 3. The maximum Gasteiger partial charge on any atom is 0.471 e. The van der Waals surface area contributed by atoms with Crippen LogP contribution < -0.4 is 11.1 Å². The lowest BCUT2D eigenvalue weighted by Crippen LogP contribution is -2.48. The first kappa shape index (κ1) is 19.9. The first-order valence-corrected chi connectivity index (χ1v) is 7.76. The zero-order valence-electron chi connectivity index (χ0n) is 10.7.